The molecule has 1 aromatic carbocycles. The minimum Gasteiger partial charge on any atom is -0.329 e. The largest absolute Gasteiger partial charge is 0.329 e. The molecule has 1 aliphatic carbocycles. The molecular formula is C16H23N2O2+. The van der Waals surface area contributed by atoms with Crippen LogP contribution in [0.25, 0.3) is 0 Å². The molecule has 108 valence electrons. The van der Waals surface area contributed by atoms with Crippen LogP contribution in [0.5, 0.6) is 0 Å². The monoisotopic (exact) mass is 275 g/mol. The second kappa shape index (κ2) is 5.92. The zero-order chi connectivity index (χ0) is 13.9. The molecule has 0 amide bonds. The van der Waals surface area contributed by atoms with E-state index in [0.29, 0.717) is 0 Å². The van der Waals surface area contributed by atoms with Crippen LogP contribution in [0.2, 0.25) is 0 Å². The van der Waals surface area contributed by atoms with Crippen LogP contribution in [0, 0.1) is 16.0 Å². The molecule has 0 aromatic heterocycles. The quantitative estimate of drug-likeness (QED) is 0.680. The number of quaternary nitrogens is 1. The average molecular weight is 275 g/mol. The van der Waals surface area contributed by atoms with Crippen LogP contribution in [0.4, 0.5) is 5.69 Å². The van der Waals surface area contributed by atoms with Gasteiger partial charge in [0.25, 0.3) is 5.69 Å². The van der Waals surface area contributed by atoms with Gasteiger partial charge in [-0.2, -0.15) is 0 Å². The third-order valence-corrected chi connectivity index (χ3v) is 5.06. The fourth-order valence-corrected chi connectivity index (χ4v) is 4.13. The normalized spacial score (nSPS) is 29.7. The standard InChI is InChI=1S/C16H22N2O2/c19-18(20)15-8-3-5-13(11-15)12-17-10-4-7-14-6-1-2-9-16(14)17/h3,5,8,11,14,16H,1-2,4,6-7,9-10,12H2/p+1/t14-,16+/m1/s1. The minimum absolute atomic E-state index is 0.221. The Hall–Kier alpha value is -1.42. The van der Waals surface area contributed by atoms with Crippen molar-refractivity contribution in [2.24, 2.45) is 5.92 Å². The number of hydrogen-bond acceptors (Lipinski definition) is 2. The van der Waals surface area contributed by atoms with Crippen molar-refractivity contribution >= 4 is 5.69 Å². The van der Waals surface area contributed by atoms with Crippen LogP contribution in [0.1, 0.15) is 44.1 Å². The smallest absolute Gasteiger partial charge is 0.269 e. The summed E-state index contributed by atoms with van der Waals surface area (Å²) in [6, 6.07) is 7.97. The summed E-state index contributed by atoms with van der Waals surface area (Å²) in [5.74, 6) is 0.895. The first-order valence-corrected chi connectivity index (χ1v) is 7.82. The van der Waals surface area contributed by atoms with E-state index in [9.17, 15) is 10.1 Å². The highest BCUT2D eigenvalue weighted by Gasteiger charge is 2.36. The van der Waals surface area contributed by atoms with Gasteiger partial charge < -0.3 is 4.90 Å². The number of nitro groups is 1. The molecule has 1 aromatic rings. The van der Waals surface area contributed by atoms with Gasteiger partial charge in [-0.15, -0.1) is 0 Å². The Morgan fingerprint density at radius 1 is 1.20 bits per heavy atom. The fraction of sp³-hybridized carbons (Fsp3) is 0.625. The predicted octanol–water partition coefficient (Wildman–Crippen LogP) is 2.33. The topological polar surface area (TPSA) is 47.6 Å². The second-order valence-electron chi connectivity index (χ2n) is 6.31. The van der Waals surface area contributed by atoms with Gasteiger partial charge in [-0.1, -0.05) is 18.6 Å². The molecule has 3 rings (SSSR count). The highest BCUT2D eigenvalue weighted by atomic mass is 16.6. The van der Waals surface area contributed by atoms with Gasteiger partial charge in [0.1, 0.15) is 6.54 Å². The number of likely N-dealkylation sites (tertiary alicyclic amines) is 1. The van der Waals surface area contributed by atoms with E-state index in [1.54, 1.807) is 17.0 Å². The number of hydrogen-bond donors (Lipinski definition) is 1. The van der Waals surface area contributed by atoms with Gasteiger partial charge in [0, 0.05) is 23.6 Å². The molecule has 0 bridgehead atoms. The highest BCUT2D eigenvalue weighted by Crippen LogP contribution is 2.28. The van der Waals surface area contributed by atoms with Crippen molar-refractivity contribution in [1.29, 1.82) is 0 Å². The third-order valence-electron chi connectivity index (χ3n) is 5.06. The minimum atomic E-state index is -0.293. The van der Waals surface area contributed by atoms with Crippen molar-refractivity contribution in [2.45, 2.75) is 51.1 Å². The van der Waals surface area contributed by atoms with E-state index in [4.69, 9.17) is 0 Å². The van der Waals surface area contributed by atoms with E-state index in [1.165, 1.54) is 45.1 Å². The van der Waals surface area contributed by atoms with Gasteiger partial charge >= 0.3 is 0 Å². The van der Waals surface area contributed by atoms with E-state index in [-0.39, 0.29) is 10.6 Å². The molecule has 1 unspecified atom stereocenters. The third kappa shape index (κ3) is 2.85. The van der Waals surface area contributed by atoms with Gasteiger partial charge in [0.15, 0.2) is 0 Å². The van der Waals surface area contributed by atoms with E-state index in [0.717, 1.165) is 24.1 Å². The first-order chi connectivity index (χ1) is 9.74. The number of nitrogens with zero attached hydrogens (tertiary/aromatic N) is 1. The van der Waals surface area contributed by atoms with Crippen molar-refractivity contribution < 1.29 is 9.82 Å². The Morgan fingerprint density at radius 3 is 2.85 bits per heavy atom. The van der Waals surface area contributed by atoms with Gasteiger partial charge in [0.05, 0.1) is 17.5 Å². The first-order valence-electron chi connectivity index (χ1n) is 7.82. The Bertz CT molecular complexity index is 487. The van der Waals surface area contributed by atoms with Crippen molar-refractivity contribution in [3.63, 3.8) is 0 Å². The van der Waals surface area contributed by atoms with Crippen molar-refractivity contribution in [3.8, 4) is 0 Å². The molecule has 4 nitrogen and oxygen atoms in total. The second-order valence-corrected chi connectivity index (χ2v) is 6.31. The number of nitrogens with one attached hydrogen (secondary N) is 1. The summed E-state index contributed by atoms with van der Waals surface area (Å²) in [5.41, 5.74) is 1.33. The molecule has 20 heavy (non-hydrogen) atoms. The molecule has 0 radical (unpaired) electrons. The number of piperidine rings is 1. The fourth-order valence-electron chi connectivity index (χ4n) is 4.13. The first kappa shape index (κ1) is 13.6. The zero-order valence-corrected chi connectivity index (χ0v) is 11.9. The summed E-state index contributed by atoms with van der Waals surface area (Å²) >= 11 is 0. The van der Waals surface area contributed by atoms with E-state index in [1.807, 2.05) is 12.1 Å². The lowest BCUT2D eigenvalue weighted by atomic mass is 9.78. The summed E-state index contributed by atoms with van der Waals surface area (Å²) in [4.78, 5) is 12.2. The van der Waals surface area contributed by atoms with E-state index >= 15 is 0 Å². The lowest BCUT2D eigenvalue weighted by Crippen LogP contribution is -3.16. The molecule has 1 saturated carbocycles. The maximum Gasteiger partial charge on any atom is 0.269 e. The Morgan fingerprint density at radius 2 is 2.00 bits per heavy atom. The molecule has 1 heterocycles. The number of non-ortho nitro benzene ring substituents is 1. The average Bonchev–Trinajstić information content (AvgIpc) is 2.48. The van der Waals surface area contributed by atoms with Crippen LogP contribution in [0.3, 0.4) is 0 Å². The summed E-state index contributed by atoms with van der Waals surface area (Å²) in [7, 11) is 0. The summed E-state index contributed by atoms with van der Waals surface area (Å²) in [6.07, 6.45) is 8.19. The van der Waals surface area contributed by atoms with Crippen LogP contribution < -0.4 is 4.90 Å². The summed E-state index contributed by atoms with van der Waals surface area (Å²) in [5, 5.41) is 10.9. The van der Waals surface area contributed by atoms with E-state index < -0.39 is 0 Å². The number of nitro benzene ring substituents is 1. The number of benzene rings is 1. The molecular weight excluding hydrogens is 252 g/mol. The van der Waals surface area contributed by atoms with Gasteiger partial charge in [0.2, 0.25) is 0 Å². The molecule has 0 spiro atoms. The van der Waals surface area contributed by atoms with Crippen molar-refractivity contribution in [3.05, 3.63) is 39.9 Å². The molecule has 3 atom stereocenters. The summed E-state index contributed by atoms with van der Waals surface area (Å²) in [6.45, 7) is 2.17. The van der Waals surface area contributed by atoms with Crippen LogP contribution >= 0.6 is 0 Å². The number of fused-ring (bicyclic) bond motifs is 1. The van der Waals surface area contributed by atoms with Crippen LogP contribution in [-0.2, 0) is 6.54 Å². The van der Waals surface area contributed by atoms with Gasteiger partial charge in [-0.05, 0) is 32.1 Å². The molecule has 1 aliphatic heterocycles. The predicted molar refractivity (Wildman–Crippen MR) is 77.6 cm³/mol. The zero-order valence-electron chi connectivity index (χ0n) is 11.9. The lowest BCUT2D eigenvalue weighted by Gasteiger charge is -2.41. The Balaban J connectivity index is 1.72. The molecule has 1 saturated heterocycles. The number of rotatable bonds is 3. The summed E-state index contributed by atoms with van der Waals surface area (Å²) < 4.78 is 0. The molecule has 4 heteroatoms. The molecule has 2 fully saturated rings. The Kier molecular flexibility index (Phi) is 4.01. The SMILES string of the molecule is O=[N+]([O-])c1cccc(C[NH+]2CCC[C@H]3CCCC[C@@H]32)c1. The maximum absolute atomic E-state index is 10.9. The maximum atomic E-state index is 10.9. The highest BCUT2D eigenvalue weighted by molar-refractivity contribution is 5.33. The van der Waals surface area contributed by atoms with E-state index in [2.05, 4.69) is 0 Å². The molecule has 2 aliphatic rings. The lowest BCUT2D eigenvalue weighted by molar-refractivity contribution is -0.949. The van der Waals surface area contributed by atoms with Gasteiger partial charge in [-0.3, -0.25) is 10.1 Å². The van der Waals surface area contributed by atoms with Crippen molar-refractivity contribution in [2.75, 3.05) is 6.54 Å². The molecule has 1 N–H and O–H groups in total. The van der Waals surface area contributed by atoms with Crippen LogP contribution in [0.15, 0.2) is 24.3 Å². The Labute approximate surface area is 119 Å². The van der Waals surface area contributed by atoms with Crippen LogP contribution in [-0.4, -0.2) is 17.5 Å². The van der Waals surface area contributed by atoms with Crippen molar-refractivity contribution in [1.82, 2.24) is 0 Å². The van der Waals surface area contributed by atoms with Gasteiger partial charge in [-0.25, -0.2) is 0 Å².